The smallest absolute Gasteiger partial charge is 0.220 e. The Morgan fingerprint density at radius 2 is 1.70 bits per heavy atom. The van der Waals surface area contributed by atoms with Crippen molar-refractivity contribution >= 4 is 5.91 Å². The van der Waals surface area contributed by atoms with Crippen LogP contribution in [0.1, 0.15) is 28.7 Å². The Labute approximate surface area is 138 Å². The van der Waals surface area contributed by atoms with Crippen molar-refractivity contribution in [3.8, 4) is 5.75 Å². The number of hydrogen-bond donors (Lipinski definition) is 1. The van der Waals surface area contributed by atoms with Gasteiger partial charge < -0.3 is 10.1 Å². The molecule has 0 aromatic heterocycles. The highest BCUT2D eigenvalue weighted by Gasteiger charge is 2.06. The van der Waals surface area contributed by atoms with Crippen LogP contribution in [0.3, 0.4) is 0 Å². The SMILES string of the molecule is Cc1cc(C)c(OCCNC(=O)CCc2ccccc2)c(C)c1. The molecule has 0 unspecified atom stereocenters. The Kier molecular flexibility index (Phi) is 6.21. The van der Waals surface area contributed by atoms with Crippen LogP contribution in [-0.4, -0.2) is 19.1 Å². The first-order valence-electron chi connectivity index (χ1n) is 8.07. The van der Waals surface area contributed by atoms with Crippen molar-refractivity contribution in [3.05, 3.63) is 64.7 Å². The highest BCUT2D eigenvalue weighted by Crippen LogP contribution is 2.24. The number of amides is 1. The maximum Gasteiger partial charge on any atom is 0.220 e. The fourth-order valence-electron chi connectivity index (χ4n) is 2.73. The molecule has 0 saturated heterocycles. The molecule has 3 heteroatoms. The van der Waals surface area contributed by atoms with Crippen LogP contribution in [0, 0.1) is 20.8 Å². The molecule has 23 heavy (non-hydrogen) atoms. The van der Waals surface area contributed by atoms with Gasteiger partial charge in [0.25, 0.3) is 0 Å². The van der Waals surface area contributed by atoms with Crippen LogP contribution in [0.25, 0.3) is 0 Å². The maximum atomic E-state index is 11.8. The Hall–Kier alpha value is -2.29. The molecule has 0 fully saturated rings. The Morgan fingerprint density at radius 1 is 1.04 bits per heavy atom. The van der Waals surface area contributed by atoms with E-state index in [9.17, 15) is 4.79 Å². The highest BCUT2D eigenvalue weighted by atomic mass is 16.5. The van der Waals surface area contributed by atoms with Gasteiger partial charge in [0.1, 0.15) is 12.4 Å². The molecule has 3 nitrogen and oxygen atoms in total. The van der Waals surface area contributed by atoms with E-state index in [1.165, 1.54) is 11.1 Å². The highest BCUT2D eigenvalue weighted by molar-refractivity contribution is 5.76. The van der Waals surface area contributed by atoms with E-state index in [-0.39, 0.29) is 5.91 Å². The monoisotopic (exact) mass is 311 g/mol. The third-order valence-corrected chi connectivity index (χ3v) is 3.76. The minimum Gasteiger partial charge on any atom is -0.491 e. The molecule has 122 valence electrons. The van der Waals surface area contributed by atoms with Gasteiger partial charge in [-0.05, 0) is 43.9 Å². The summed E-state index contributed by atoms with van der Waals surface area (Å²) < 4.78 is 5.82. The lowest BCUT2D eigenvalue weighted by Gasteiger charge is -2.13. The molecule has 0 saturated carbocycles. The minimum atomic E-state index is 0.0646. The van der Waals surface area contributed by atoms with E-state index >= 15 is 0 Å². The van der Waals surface area contributed by atoms with Gasteiger partial charge in [-0.3, -0.25) is 4.79 Å². The quantitative estimate of drug-likeness (QED) is 0.791. The molecule has 0 aliphatic rings. The zero-order valence-electron chi connectivity index (χ0n) is 14.2. The summed E-state index contributed by atoms with van der Waals surface area (Å²) in [5.74, 6) is 0.990. The molecule has 0 radical (unpaired) electrons. The molecule has 0 spiro atoms. The normalized spacial score (nSPS) is 10.4. The van der Waals surface area contributed by atoms with Crippen LogP contribution in [0.15, 0.2) is 42.5 Å². The summed E-state index contributed by atoms with van der Waals surface area (Å²) in [6.45, 7) is 7.19. The molecule has 2 aromatic rings. The second-order valence-electron chi connectivity index (χ2n) is 5.91. The summed E-state index contributed by atoms with van der Waals surface area (Å²) in [4.78, 5) is 11.8. The first-order valence-corrected chi connectivity index (χ1v) is 8.07. The Balaban J connectivity index is 1.70. The predicted octanol–water partition coefficient (Wildman–Crippen LogP) is 3.74. The predicted molar refractivity (Wildman–Crippen MR) is 93.9 cm³/mol. The molecular formula is C20H25NO2. The van der Waals surface area contributed by atoms with Crippen LogP contribution < -0.4 is 10.1 Å². The number of carbonyl (C=O) groups is 1. The third kappa shape index (κ3) is 5.44. The molecule has 1 amide bonds. The Morgan fingerprint density at radius 3 is 2.35 bits per heavy atom. The lowest BCUT2D eigenvalue weighted by molar-refractivity contribution is -0.121. The molecular weight excluding hydrogens is 286 g/mol. The topological polar surface area (TPSA) is 38.3 Å². The van der Waals surface area contributed by atoms with E-state index in [0.29, 0.717) is 19.6 Å². The molecule has 2 rings (SSSR count). The van der Waals surface area contributed by atoms with Crippen molar-refractivity contribution in [1.29, 1.82) is 0 Å². The average molecular weight is 311 g/mol. The lowest BCUT2D eigenvalue weighted by atomic mass is 10.1. The van der Waals surface area contributed by atoms with E-state index in [4.69, 9.17) is 4.74 Å². The fourth-order valence-corrected chi connectivity index (χ4v) is 2.73. The van der Waals surface area contributed by atoms with Gasteiger partial charge in [0.15, 0.2) is 0 Å². The standard InChI is InChI=1S/C20H25NO2/c1-15-13-16(2)20(17(3)14-15)23-12-11-21-19(22)10-9-18-7-5-4-6-8-18/h4-8,13-14H,9-12H2,1-3H3,(H,21,22). The molecule has 2 aromatic carbocycles. The fraction of sp³-hybridized carbons (Fsp3) is 0.350. The van der Waals surface area contributed by atoms with Gasteiger partial charge in [-0.15, -0.1) is 0 Å². The van der Waals surface area contributed by atoms with E-state index in [0.717, 1.165) is 23.3 Å². The number of aryl methyl sites for hydroxylation is 4. The number of nitrogens with one attached hydrogen (secondary N) is 1. The van der Waals surface area contributed by atoms with Gasteiger partial charge in [-0.25, -0.2) is 0 Å². The zero-order chi connectivity index (χ0) is 16.7. The van der Waals surface area contributed by atoms with Crippen molar-refractivity contribution in [2.24, 2.45) is 0 Å². The summed E-state index contributed by atoms with van der Waals surface area (Å²) in [6, 6.07) is 14.3. The van der Waals surface area contributed by atoms with Crippen LogP contribution in [-0.2, 0) is 11.2 Å². The Bertz CT molecular complexity index is 627. The second kappa shape index (κ2) is 8.37. The summed E-state index contributed by atoms with van der Waals surface area (Å²) in [7, 11) is 0. The zero-order valence-corrected chi connectivity index (χ0v) is 14.2. The van der Waals surface area contributed by atoms with E-state index in [1.54, 1.807) is 0 Å². The summed E-state index contributed by atoms with van der Waals surface area (Å²) in [6.07, 6.45) is 1.27. The van der Waals surface area contributed by atoms with Gasteiger partial charge >= 0.3 is 0 Å². The first-order chi connectivity index (χ1) is 11.1. The minimum absolute atomic E-state index is 0.0646. The third-order valence-electron chi connectivity index (χ3n) is 3.76. The largest absolute Gasteiger partial charge is 0.491 e. The van der Waals surface area contributed by atoms with Crippen LogP contribution in [0.4, 0.5) is 0 Å². The van der Waals surface area contributed by atoms with Crippen molar-refractivity contribution < 1.29 is 9.53 Å². The van der Waals surface area contributed by atoms with Crippen molar-refractivity contribution in [2.75, 3.05) is 13.2 Å². The number of hydrogen-bond acceptors (Lipinski definition) is 2. The number of rotatable bonds is 7. The number of ether oxygens (including phenoxy) is 1. The first kappa shape index (κ1) is 17.1. The summed E-state index contributed by atoms with van der Waals surface area (Å²) in [5, 5.41) is 2.91. The van der Waals surface area contributed by atoms with E-state index < -0.39 is 0 Å². The summed E-state index contributed by atoms with van der Waals surface area (Å²) >= 11 is 0. The average Bonchev–Trinajstić information content (AvgIpc) is 2.52. The molecule has 0 atom stereocenters. The molecule has 0 aliphatic carbocycles. The molecule has 1 N–H and O–H groups in total. The maximum absolute atomic E-state index is 11.8. The molecule has 0 heterocycles. The van der Waals surface area contributed by atoms with Crippen LogP contribution in [0.2, 0.25) is 0 Å². The van der Waals surface area contributed by atoms with Crippen molar-refractivity contribution in [3.63, 3.8) is 0 Å². The van der Waals surface area contributed by atoms with E-state index in [1.807, 2.05) is 44.2 Å². The number of benzene rings is 2. The molecule has 0 bridgehead atoms. The van der Waals surface area contributed by atoms with E-state index in [2.05, 4.69) is 24.4 Å². The van der Waals surface area contributed by atoms with Gasteiger partial charge in [-0.2, -0.15) is 0 Å². The second-order valence-corrected chi connectivity index (χ2v) is 5.91. The molecule has 0 aliphatic heterocycles. The van der Waals surface area contributed by atoms with Crippen molar-refractivity contribution in [1.82, 2.24) is 5.32 Å². The van der Waals surface area contributed by atoms with Crippen LogP contribution >= 0.6 is 0 Å². The summed E-state index contributed by atoms with van der Waals surface area (Å²) in [5.41, 5.74) is 4.70. The van der Waals surface area contributed by atoms with Crippen molar-refractivity contribution in [2.45, 2.75) is 33.6 Å². The van der Waals surface area contributed by atoms with Crippen LogP contribution in [0.5, 0.6) is 5.75 Å². The van der Waals surface area contributed by atoms with Gasteiger partial charge in [0.05, 0.1) is 6.54 Å². The van der Waals surface area contributed by atoms with Gasteiger partial charge in [-0.1, -0.05) is 48.0 Å². The number of carbonyl (C=O) groups excluding carboxylic acids is 1. The van der Waals surface area contributed by atoms with Gasteiger partial charge in [0, 0.05) is 6.42 Å². The van der Waals surface area contributed by atoms with Gasteiger partial charge in [0.2, 0.25) is 5.91 Å². The lowest BCUT2D eigenvalue weighted by Crippen LogP contribution is -2.28.